The molecular formula is C19H20N4O4. The van der Waals surface area contributed by atoms with Gasteiger partial charge in [0.05, 0.1) is 11.8 Å². The zero-order valence-corrected chi connectivity index (χ0v) is 15.2. The Bertz CT molecular complexity index is 1050. The topological polar surface area (TPSA) is 106 Å². The van der Waals surface area contributed by atoms with Crippen LogP contribution in [0.15, 0.2) is 47.4 Å². The Morgan fingerprint density at radius 2 is 1.93 bits per heavy atom. The minimum Gasteiger partial charge on any atom is -0.449 e. The number of hydrogen-bond acceptors (Lipinski definition) is 5. The summed E-state index contributed by atoms with van der Waals surface area (Å²) < 4.78 is 6.93. The van der Waals surface area contributed by atoms with E-state index < -0.39 is 23.5 Å². The molecule has 3 rings (SSSR count). The predicted octanol–water partition coefficient (Wildman–Crippen LogP) is 2.49. The van der Waals surface area contributed by atoms with Crippen LogP contribution in [0.1, 0.15) is 37.2 Å². The number of aromatic nitrogens is 3. The molecule has 0 bridgehead atoms. The monoisotopic (exact) mass is 368 g/mol. The Morgan fingerprint density at radius 1 is 1.19 bits per heavy atom. The van der Waals surface area contributed by atoms with Crippen LogP contribution in [0.4, 0.5) is 5.82 Å². The minimum atomic E-state index is -1.05. The fourth-order valence-electron chi connectivity index (χ4n) is 2.70. The van der Waals surface area contributed by atoms with Crippen molar-refractivity contribution in [2.75, 3.05) is 5.32 Å². The van der Waals surface area contributed by atoms with Gasteiger partial charge in [0.25, 0.3) is 5.91 Å². The van der Waals surface area contributed by atoms with Gasteiger partial charge in [0.2, 0.25) is 5.56 Å². The Balaban J connectivity index is 1.77. The zero-order valence-electron chi connectivity index (χ0n) is 15.2. The molecule has 0 aliphatic carbocycles. The lowest BCUT2D eigenvalue weighted by Crippen LogP contribution is -2.31. The van der Waals surface area contributed by atoms with Gasteiger partial charge in [0.1, 0.15) is 5.82 Å². The van der Waals surface area contributed by atoms with Gasteiger partial charge in [-0.15, -0.1) is 0 Å². The van der Waals surface area contributed by atoms with Crippen LogP contribution in [0, 0.1) is 0 Å². The van der Waals surface area contributed by atoms with E-state index in [-0.39, 0.29) is 11.6 Å². The van der Waals surface area contributed by atoms with Gasteiger partial charge in [-0.2, -0.15) is 5.10 Å². The first-order chi connectivity index (χ1) is 12.9. The standard InChI is InChI=1S/C19H20N4O4/c1-11(2)23-16(8-9-20-23)22-18(25)12(3)27-19(26)14-10-17(24)21-15-7-5-4-6-13(14)15/h4-12H,1-3H3,(H,21,24)(H,22,25)/t12-/m0/s1. The molecule has 2 heterocycles. The molecule has 0 saturated heterocycles. The summed E-state index contributed by atoms with van der Waals surface area (Å²) in [7, 11) is 0. The molecule has 0 aliphatic heterocycles. The number of hydrogen-bond donors (Lipinski definition) is 2. The Hall–Kier alpha value is -3.42. The summed E-state index contributed by atoms with van der Waals surface area (Å²) in [6, 6.07) is 9.79. The summed E-state index contributed by atoms with van der Waals surface area (Å²) >= 11 is 0. The average Bonchev–Trinajstić information content (AvgIpc) is 3.09. The lowest BCUT2D eigenvalue weighted by Gasteiger charge is -2.16. The Morgan fingerprint density at radius 3 is 2.67 bits per heavy atom. The highest BCUT2D eigenvalue weighted by Crippen LogP contribution is 2.17. The molecule has 0 spiro atoms. The van der Waals surface area contributed by atoms with Gasteiger partial charge in [0, 0.05) is 29.1 Å². The van der Waals surface area contributed by atoms with Gasteiger partial charge in [-0.05, 0) is 26.8 Å². The number of para-hydroxylation sites is 1. The van der Waals surface area contributed by atoms with Crippen molar-refractivity contribution in [3.63, 3.8) is 0 Å². The van der Waals surface area contributed by atoms with Crippen LogP contribution in [0.3, 0.4) is 0 Å². The highest BCUT2D eigenvalue weighted by molar-refractivity contribution is 6.04. The third-order valence-corrected chi connectivity index (χ3v) is 4.03. The smallest absolute Gasteiger partial charge is 0.339 e. The second-order valence-electron chi connectivity index (χ2n) is 6.38. The van der Waals surface area contributed by atoms with Gasteiger partial charge >= 0.3 is 5.97 Å². The summed E-state index contributed by atoms with van der Waals surface area (Å²) in [4.78, 5) is 39.4. The quantitative estimate of drug-likeness (QED) is 0.673. The zero-order chi connectivity index (χ0) is 19.6. The van der Waals surface area contributed by atoms with Crippen LogP contribution in [0.2, 0.25) is 0 Å². The van der Waals surface area contributed by atoms with Crippen LogP contribution < -0.4 is 10.9 Å². The van der Waals surface area contributed by atoms with E-state index in [1.165, 1.54) is 13.0 Å². The number of nitrogens with one attached hydrogen (secondary N) is 2. The normalized spacial score (nSPS) is 12.1. The van der Waals surface area contributed by atoms with E-state index in [1.807, 2.05) is 13.8 Å². The molecule has 0 unspecified atom stereocenters. The van der Waals surface area contributed by atoms with E-state index in [4.69, 9.17) is 4.74 Å². The number of aromatic amines is 1. The molecule has 8 heteroatoms. The van der Waals surface area contributed by atoms with E-state index in [2.05, 4.69) is 15.4 Å². The highest BCUT2D eigenvalue weighted by Gasteiger charge is 2.22. The minimum absolute atomic E-state index is 0.0653. The van der Waals surface area contributed by atoms with Crippen LogP contribution >= 0.6 is 0 Å². The molecule has 2 N–H and O–H groups in total. The summed E-state index contributed by atoms with van der Waals surface area (Å²) in [6.07, 6.45) is 0.528. The van der Waals surface area contributed by atoms with E-state index in [0.29, 0.717) is 16.7 Å². The molecule has 1 atom stereocenters. The van der Waals surface area contributed by atoms with Crippen LogP contribution in [0.25, 0.3) is 10.9 Å². The molecule has 3 aromatic rings. The molecule has 0 aliphatic rings. The molecule has 27 heavy (non-hydrogen) atoms. The van der Waals surface area contributed by atoms with Crippen molar-refractivity contribution in [3.8, 4) is 0 Å². The molecule has 8 nitrogen and oxygen atoms in total. The van der Waals surface area contributed by atoms with Crippen molar-refractivity contribution in [3.05, 3.63) is 58.5 Å². The number of amides is 1. The lowest BCUT2D eigenvalue weighted by atomic mass is 10.1. The highest BCUT2D eigenvalue weighted by atomic mass is 16.5. The number of ether oxygens (including phenoxy) is 1. The van der Waals surface area contributed by atoms with Crippen LogP contribution in [0.5, 0.6) is 0 Å². The number of carbonyl (C=O) groups excluding carboxylic acids is 2. The number of carbonyl (C=O) groups is 2. The molecule has 1 amide bonds. The Labute approximate surface area is 155 Å². The van der Waals surface area contributed by atoms with Crippen molar-refractivity contribution in [1.29, 1.82) is 0 Å². The summed E-state index contributed by atoms with van der Waals surface area (Å²) in [5, 5.41) is 7.38. The van der Waals surface area contributed by atoms with Crippen molar-refractivity contribution >= 4 is 28.6 Å². The van der Waals surface area contributed by atoms with Gasteiger partial charge in [-0.1, -0.05) is 18.2 Å². The van der Waals surface area contributed by atoms with Crippen LogP contribution in [-0.4, -0.2) is 32.7 Å². The number of anilines is 1. The number of pyridine rings is 1. The van der Waals surface area contributed by atoms with E-state index >= 15 is 0 Å². The first-order valence-electron chi connectivity index (χ1n) is 8.54. The second kappa shape index (κ2) is 7.45. The first-order valence-corrected chi connectivity index (χ1v) is 8.54. The van der Waals surface area contributed by atoms with E-state index in [0.717, 1.165) is 0 Å². The molecular weight excluding hydrogens is 348 g/mol. The molecule has 140 valence electrons. The summed E-state index contributed by atoms with van der Waals surface area (Å²) in [5.41, 5.74) is 0.217. The van der Waals surface area contributed by atoms with Gasteiger partial charge in [0.15, 0.2) is 6.10 Å². The number of rotatable bonds is 5. The first kappa shape index (κ1) is 18.4. The second-order valence-corrected chi connectivity index (χ2v) is 6.38. The number of nitrogens with zero attached hydrogens (tertiary/aromatic N) is 2. The van der Waals surface area contributed by atoms with Crippen molar-refractivity contribution in [2.24, 2.45) is 0 Å². The number of H-pyrrole nitrogens is 1. The summed E-state index contributed by atoms with van der Waals surface area (Å²) in [5.74, 6) is -0.711. The van der Waals surface area contributed by atoms with Crippen molar-refractivity contribution in [1.82, 2.24) is 14.8 Å². The molecule has 0 saturated carbocycles. The van der Waals surface area contributed by atoms with Gasteiger partial charge in [-0.25, -0.2) is 9.48 Å². The molecule has 2 aromatic heterocycles. The molecule has 0 fully saturated rings. The van der Waals surface area contributed by atoms with Crippen LogP contribution in [-0.2, 0) is 9.53 Å². The van der Waals surface area contributed by atoms with E-state index in [1.54, 1.807) is 41.2 Å². The number of esters is 1. The number of benzene rings is 1. The Kier molecular flexibility index (Phi) is 5.07. The fraction of sp³-hybridized carbons (Fsp3) is 0.263. The fourth-order valence-corrected chi connectivity index (χ4v) is 2.70. The van der Waals surface area contributed by atoms with E-state index in [9.17, 15) is 14.4 Å². The van der Waals surface area contributed by atoms with Crippen molar-refractivity contribution in [2.45, 2.75) is 32.9 Å². The maximum atomic E-state index is 12.5. The average molecular weight is 368 g/mol. The lowest BCUT2D eigenvalue weighted by molar-refractivity contribution is -0.123. The maximum absolute atomic E-state index is 12.5. The van der Waals surface area contributed by atoms with Crippen molar-refractivity contribution < 1.29 is 14.3 Å². The van der Waals surface area contributed by atoms with Gasteiger partial charge in [-0.3, -0.25) is 9.59 Å². The predicted molar refractivity (Wildman–Crippen MR) is 101 cm³/mol. The van der Waals surface area contributed by atoms with Gasteiger partial charge < -0.3 is 15.0 Å². The molecule has 1 aromatic carbocycles. The summed E-state index contributed by atoms with van der Waals surface area (Å²) in [6.45, 7) is 5.34. The third kappa shape index (κ3) is 3.89. The third-order valence-electron chi connectivity index (χ3n) is 4.03. The maximum Gasteiger partial charge on any atom is 0.339 e. The SMILES string of the molecule is CC(C)n1nccc1NC(=O)[C@H](C)OC(=O)c1cc(=O)[nH]c2ccccc12. The largest absolute Gasteiger partial charge is 0.449 e. The molecule has 0 radical (unpaired) electrons. The number of fused-ring (bicyclic) bond motifs is 1.